The molecule has 34 heavy (non-hydrogen) atoms. The lowest BCUT2D eigenvalue weighted by Crippen LogP contribution is -2.46. The van der Waals surface area contributed by atoms with Crippen LogP contribution >= 0.6 is 0 Å². The number of amides is 1. The van der Waals surface area contributed by atoms with Gasteiger partial charge in [-0.25, -0.2) is 14.9 Å². The maximum atomic E-state index is 13.5. The van der Waals surface area contributed by atoms with Gasteiger partial charge in [0.2, 0.25) is 0 Å². The summed E-state index contributed by atoms with van der Waals surface area (Å²) in [5.41, 5.74) is 6.17. The van der Waals surface area contributed by atoms with Gasteiger partial charge in [0.15, 0.2) is 0 Å². The Bertz CT molecular complexity index is 1300. The highest BCUT2D eigenvalue weighted by atomic mass is 19.1. The zero-order chi connectivity index (χ0) is 23.5. The summed E-state index contributed by atoms with van der Waals surface area (Å²) < 4.78 is 15.6. The summed E-state index contributed by atoms with van der Waals surface area (Å²) in [7, 11) is 0. The van der Waals surface area contributed by atoms with Gasteiger partial charge in [-0.05, 0) is 47.5 Å². The van der Waals surface area contributed by atoms with Crippen LogP contribution in [0.15, 0.2) is 73.1 Å². The highest BCUT2D eigenvalue weighted by molar-refractivity contribution is 5.93. The number of carbonyl (C=O) groups excluding carboxylic acids is 1. The summed E-state index contributed by atoms with van der Waals surface area (Å²) in [5, 5.41) is 9.88. The minimum absolute atomic E-state index is 0.188. The summed E-state index contributed by atoms with van der Waals surface area (Å²) in [6.45, 7) is 5.00. The fourth-order valence-electron chi connectivity index (χ4n) is 4.54. The molecule has 2 N–H and O–H groups in total. The maximum absolute atomic E-state index is 13.5. The lowest BCUT2D eigenvalue weighted by Gasteiger charge is -2.36. The van der Waals surface area contributed by atoms with Crippen molar-refractivity contribution in [2.75, 3.05) is 31.1 Å². The predicted molar refractivity (Wildman–Crippen MR) is 128 cm³/mol. The largest absolute Gasteiger partial charge is 0.368 e. The third-order valence-electron chi connectivity index (χ3n) is 6.32. The van der Waals surface area contributed by atoms with Crippen LogP contribution in [0, 0.1) is 5.82 Å². The van der Waals surface area contributed by atoms with Gasteiger partial charge >= 0.3 is 0 Å². The molecule has 0 unspecified atom stereocenters. The molecule has 4 aromatic rings. The second-order valence-electron chi connectivity index (χ2n) is 8.54. The summed E-state index contributed by atoms with van der Waals surface area (Å²) in [5.74, 6) is -0.716. The number of anilines is 1. The number of carbonyl (C=O) groups is 1. The molecule has 2 aromatic carbocycles. The Morgan fingerprint density at radius 2 is 1.76 bits per heavy atom. The number of fused-ring (bicyclic) bond motifs is 1. The van der Waals surface area contributed by atoms with Gasteiger partial charge in [-0.2, -0.15) is 0 Å². The number of nitrogens with zero attached hydrogens (tertiary/aromatic N) is 4. The molecule has 0 radical (unpaired) electrons. The standard InChI is InChI=1S/C26H26FN5O2/c27-22-3-1-2-20(16-22)17-30-12-14-31(15-13-30)24-8-10-28-25-23(24)9-11-32(25)18-19-4-6-21(7-5-19)26(33)29-34/h1-11,16,34H,12-15,17-18H2,(H,29,33). The number of piperazine rings is 1. The van der Waals surface area contributed by atoms with E-state index in [-0.39, 0.29) is 5.82 Å². The molecule has 1 saturated heterocycles. The van der Waals surface area contributed by atoms with Gasteiger partial charge in [-0.15, -0.1) is 0 Å². The molecule has 3 heterocycles. The van der Waals surface area contributed by atoms with Crippen molar-refractivity contribution >= 4 is 22.6 Å². The number of hydrogen-bond donors (Lipinski definition) is 2. The van der Waals surface area contributed by atoms with Crippen molar-refractivity contribution in [2.45, 2.75) is 13.1 Å². The molecule has 8 heteroatoms. The van der Waals surface area contributed by atoms with Crippen LogP contribution in [0.25, 0.3) is 11.0 Å². The van der Waals surface area contributed by atoms with Crippen LogP contribution in [0.1, 0.15) is 21.5 Å². The molecule has 7 nitrogen and oxygen atoms in total. The Kier molecular flexibility index (Phi) is 6.24. The third kappa shape index (κ3) is 4.64. The Balaban J connectivity index is 1.28. The molecule has 1 fully saturated rings. The molecule has 2 aromatic heterocycles. The number of pyridine rings is 1. The van der Waals surface area contributed by atoms with E-state index >= 15 is 0 Å². The number of nitrogens with one attached hydrogen (secondary N) is 1. The fourth-order valence-corrected chi connectivity index (χ4v) is 4.54. The van der Waals surface area contributed by atoms with Crippen LogP contribution in [0.2, 0.25) is 0 Å². The highest BCUT2D eigenvalue weighted by Crippen LogP contribution is 2.28. The number of benzene rings is 2. The zero-order valence-corrected chi connectivity index (χ0v) is 18.7. The Hall–Kier alpha value is -3.75. The second-order valence-corrected chi connectivity index (χ2v) is 8.54. The van der Waals surface area contributed by atoms with Crippen LogP contribution in [0.3, 0.4) is 0 Å². The molecule has 0 aliphatic carbocycles. The van der Waals surface area contributed by atoms with Crippen molar-refractivity contribution in [3.05, 3.63) is 95.6 Å². The van der Waals surface area contributed by atoms with Crippen molar-refractivity contribution in [1.29, 1.82) is 0 Å². The van der Waals surface area contributed by atoms with Gasteiger partial charge in [-0.3, -0.25) is 14.9 Å². The third-order valence-corrected chi connectivity index (χ3v) is 6.32. The monoisotopic (exact) mass is 459 g/mol. The average Bonchev–Trinajstić information content (AvgIpc) is 3.27. The van der Waals surface area contributed by atoms with E-state index in [0.717, 1.165) is 54.9 Å². The smallest absolute Gasteiger partial charge is 0.274 e. The number of aromatic nitrogens is 2. The van der Waals surface area contributed by atoms with E-state index in [0.29, 0.717) is 12.1 Å². The highest BCUT2D eigenvalue weighted by Gasteiger charge is 2.20. The van der Waals surface area contributed by atoms with E-state index in [1.165, 1.54) is 11.8 Å². The molecule has 0 bridgehead atoms. The SMILES string of the molecule is O=C(NO)c1ccc(Cn2ccc3c(N4CCN(Cc5cccc(F)c5)CC4)ccnc32)cc1. The molecule has 5 rings (SSSR count). The summed E-state index contributed by atoms with van der Waals surface area (Å²) in [6, 6.07) is 18.1. The van der Waals surface area contributed by atoms with Gasteiger partial charge in [-0.1, -0.05) is 24.3 Å². The minimum atomic E-state index is -0.527. The Morgan fingerprint density at radius 3 is 2.50 bits per heavy atom. The molecule has 1 amide bonds. The number of halogens is 1. The van der Waals surface area contributed by atoms with E-state index in [2.05, 4.69) is 31.5 Å². The molecule has 0 saturated carbocycles. The molecule has 0 atom stereocenters. The number of rotatable bonds is 6. The predicted octanol–water partition coefficient (Wildman–Crippen LogP) is 3.66. The topological polar surface area (TPSA) is 73.6 Å². The minimum Gasteiger partial charge on any atom is -0.368 e. The van der Waals surface area contributed by atoms with Crippen molar-refractivity contribution in [1.82, 2.24) is 19.9 Å². The average molecular weight is 460 g/mol. The van der Waals surface area contributed by atoms with Crippen LogP contribution in [0.4, 0.5) is 10.1 Å². The van der Waals surface area contributed by atoms with E-state index in [4.69, 9.17) is 5.21 Å². The summed E-state index contributed by atoms with van der Waals surface area (Å²) >= 11 is 0. The molecular weight excluding hydrogens is 433 g/mol. The zero-order valence-electron chi connectivity index (χ0n) is 18.7. The van der Waals surface area contributed by atoms with Gasteiger partial charge in [0.05, 0.1) is 0 Å². The van der Waals surface area contributed by atoms with Crippen LogP contribution in [-0.4, -0.2) is 51.7 Å². The van der Waals surface area contributed by atoms with Gasteiger partial charge in [0.1, 0.15) is 11.5 Å². The first-order valence-corrected chi connectivity index (χ1v) is 11.3. The van der Waals surface area contributed by atoms with Crippen molar-refractivity contribution in [3.8, 4) is 0 Å². The molecule has 0 spiro atoms. The van der Waals surface area contributed by atoms with Gasteiger partial charge < -0.3 is 9.47 Å². The Labute approximate surface area is 197 Å². The summed E-state index contributed by atoms with van der Waals surface area (Å²) in [4.78, 5) is 20.9. The van der Waals surface area contributed by atoms with E-state index in [9.17, 15) is 9.18 Å². The molecule has 1 aliphatic rings. The molecule has 174 valence electrons. The van der Waals surface area contributed by atoms with Crippen LogP contribution in [-0.2, 0) is 13.1 Å². The first kappa shape index (κ1) is 22.1. The Morgan fingerprint density at radius 1 is 0.971 bits per heavy atom. The molecular formula is C26H26FN5O2. The quantitative estimate of drug-likeness (QED) is 0.340. The van der Waals surface area contributed by atoms with Crippen LogP contribution < -0.4 is 10.4 Å². The fraction of sp³-hybridized carbons (Fsp3) is 0.231. The van der Waals surface area contributed by atoms with Crippen molar-refractivity contribution in [3.63, 3.8) is 0 Å². The number of hydroxylamine groups is 1. The number of hydrogen-bond acceptors (Lipinski definition) is 5. The van der Waals surface area contributed by atoms with Crippen molar-refractivity contribution < 1.29 is 14.4 Å². The van der Waals surface area contributed by atoms with E-state index in [1.54, 1.807) is 29.7 Å². The van der Waals surface area contributed by atoms with E-state index < -0.39 is 5.91 Å². The van der Waals surface area contributed by atoms with Gasteiger partial charge in [0.25, 0.3) is 5.91 Å². The van der Waals surface area contributed by atoms with E-state index in [1.807, 2.05) is 30.6 Å². The first-order chi connectivity index (χ1) is 16.6. The first-order valence-electron chi connectivity index (χ1n) is 11.3. The second kappa shape index (κ2) is 9.62. The molecule has 1 aliphatic heterocycles. The maximum Gasteiger partial charge on any atom is 0.274 e. The summed E-state index contributed by atoms with van der Waals surface area (Å²) in [6.07, 6.45) is 3.89. The lowest BCUT2D eigenvalue weighted by molar-refractivity contribution is 0.0706. The van der Waals surface area contributed by atoms with Gasteiger partial charge in [0, 0.05) is 68.3 Å². The van der Waals surface area contributed by atoms with Crippen molar-refractivity contribution in [2.24, 2.45) is 0 Å². The normalized spacial score (nSPS) is 14.5. The van der Waals surface area contributed by atoms with Crippen LogP contribution in [0.5, 0.6) is 0 Å². The lowest BCUT2D eigenvalue weighted by atomic mass is 10.1.